The van der Waals surface area contributed by atoms with Crippen molar-refractivity contribution < 1.29 is 13.6 Å². The molecule has 0 atom stereocenters. The van der Waals surface area contributed by atoms with Crippen molar-refractivity contribution in [1.29, 1.82) is 0 Å². The van der Waals surface area contributed by atoms with Crippen LogP contribution in [0.15, 0.2) is 53.3 Å². The molecule has 4 rings (SSSR count). The van der Waals surface area contributed by atoms with Crippen molar-refractivity contribution in [3.05, 3.63) is 48.9 Å². The molecule has 4 heteroatoms. The van der Waals surface area contributed by atoms with E-state index in [1.165, 1.54) is 0 Å². The minimum Gasteiger partial charge on any atom is -0.437 e. The molecule has 21 heavy (non-hydrogen) atoms. The van der Waals surface area contributed by atoms with Gasteiger partial charge in [0.1, 0.15) is 5.58 Å². The Morgan fingerprint density at radius 3 is 2.86 bits per heavy atom. The Balaban J connectivity index is 1.91. The molecular formula is C17H15N3O+2. The van der Waals surface area contributed by atoms with E-state index in [2.05, 4.69) is 37.0 Å². The quantitative estimate of drug-likeness (QED) is 0.669. The molecule has 102 valence electrons. The molecule has 4 nitrogen and oxygen atoms in total. The van der Waals surface area contributed by atoms with Gasteiger partial charge >= 0.3 is 6.01 Å². The van der Waals surface area contributed by atoms with Crippen LogP contribution in [-0.2, 0) is 0 Å². The highest BCUT2D eigenvalue weighted by Crippen LogP contribution is 2.30. The number of benzene rings is 1. The zero-order valence-corrected chi connectivity index (χ0v) is 11.9. The summed E-state index contributed by atoms with van der Waals surface area (Å²) in [4.78, 5) is 4.26. The van der Waals surface area contributed by atoms with Gasteiger partial charge in [-0.05, 0) is 32.0 Å². The summed E-state index contributed by atoms with van der Waals surface area (Å²) < 4.78 is 9.84. The molecule has 0 spiro atoms. The van der Waals surface area contributed by atoms with Crippen LogP contribution in [0.25, 0.3) is 22.1 Å². The van der Waals surface area contributed by atoms with Crippen molar-refractivity contribution in [3.63, 3.8) is 0 Å². The third kappa shape index (κ3) is 1.89. The first-order chi connectivity index (χ1) is 10.2. The summed E-state index contributed by atoms with van der Waals surface area (Å²) in [6.07, 6.45) is 5.77. The molecular weight excluding hydrogens is 262 g/mol. The molecule has 0 unspecified atom stereocenters. The summed E-state index contributed by atoms with van der Waals surface area (Å²) in [7, 11) is 0. The lowest BCUT2D eigenvalue weighted by Gasteiger charge is -1.90. The lowest BCUT2D eigenvalue weighted by molar-refractivity contribution is -0.491. The Hall–Kier alpha value is -2.71. The Morgan fingerprint density at radius 1 is 1.14 bits per heavy atom. The lowest BCUT2D eigenvalue weighted by atomic mass is 10.2. The second-order valence-electron chi connectivity index (χ2n) is 5.41. The molecule has 1 aromatic carbocycles. The van der Waals surface area contributed by atoms with E-state index in [0.29, 0.717) is 11.8 Å². The number of aromatic nitrogens is 1. The minimum absolute atomic E-state index is 0.394. The number of fused-ring (bicyclic) bond motifs is 3. The first kappa shape index (κ1) is 12.1. The second kappa shape index (κ2) is 4.40. The highest BCUT2D eigenvalue weighted by Gasteiger charge is 2.22. The number of pyridine rings is 1. The minimum atomic E-state index is 0.394. The number of rotatable bonds is 2. The smallest absolute Gasteiger partial charge is 0.437 e. The number of furan rings is 1. The molecule has 3 aromatic rings. The fourth-order valence-electron chi connectivity index (χ4n) is 2.51. The SMILES string of the molecule is CC(C)[N+]1=C=[N+](c2ccc3c(c2)oc2ncccc23)C=C1. The molecule has 0 fully saturated rings. The van der Waals surface area contributed by atoms with Crippen molar-refractivity contribution in [2.75, 3.05) is 0 Å². The molecule has 0 radical (unpaired) electrons. The van der Waals surface area contributed by atoms with E-state index < -0.39 is 0 Å². The second-order valence-corrected chi connectivity index (χ2v) is 5.41. The Labute approximate surface area is 122 Å². The molecule has 2 aromatic heterocycles. The van der Waals surface area contributed by atoms with Gasteiger partial charge in [0.15, 0.2) is 6.04 Å². The van der Waals surface area contributed by atoms with E-state index in [0.717, 1.165) is 22.0 Å². The van der Waals surface area contributed by atoms with Crippen LogP contribution in [0.4, 0.5) is 5.69 Å². The number of nitrogens with zero attached hydrogens (tertiary/aromatic N) is 3. The van der Waals surface area contributed by atoms with E-state index in [-0.39, 0.29) is 0 Å². The van der Waals surface area contributed by atoms with Crippen molar-refractivity contribution in [1.82, 2.24) is 4.98 Å². The van der Waals surface area contributed by atoms with Gasteiger partial charge in [-0.3, -0.25) is 0 Å². The van der Waals surface area contributed by atoms with Gasteiger partial charge in [-0.1, -0.05) is 9.15 Å². The maximum Gasteiger partial charge on any atom is 0.495 e. The number of hydrogen-bond acceptors (Lipinski definition) is 2. The van der Waals surface area contributed by atoms with E-state index in [1.807, 2.05) is 39.8 Å². The Bertz CT molecular complexity index is 956. The molecule has 3 heterocycles. The predicted molar refractivity (Wildman–Crippen MR) is 81.0 cm³/mol. The van der Waals surface area contributed by atoms with Crippen molar-refractivity contribution in [2.45, 2.75) is 19.9 Å². The summed E-state index contributed by atoms with van der Waals surface area (Å²) in [6, 6.07) is 13.8. The first-order valence-corrected chi connectivity index (χ1v) is 7.02. The fourth-order valence-corrected chi connectivity index (χ4v) is 2.51. The van der Waals surface area contributed by atoms with Gasteiger partial charge in [-0.2, -0.15) is 0 Å². The highest BCUT2D eigenvalue weighted by atomic mass is 16.3. The summed E-state index contributed by atoms with van der Waals surface area (Å²) in [5, 5.41) is 2.14. The zero-order chi connectivity index (χ0) is 14.4. The Kier molecular flexibility index (Phi) is 2.53. The summed E-state index contributed by atoms with van der Waals surface area (Å²) in [5.74, 6) is 0. The van der Waals surface area contributed by atoms with E-state index >= 15 is 0 Å². The van der Waals surface area contributed by atoms with Crippen LogP contribution >= 0.6 is 0 Å². The van der Waals surface area contributed by atoms with Gasteiger partial charge in [0.2, 0.25) is 17.6 Å². The molecule has 0 aliphatic carbocycles. The van der Waals surface area contributed by atoms with E-state index in [4.69, 9.17) is 4.42 Å². The van der Waals surface area contributed by atoms with Crippen molar-refractivity contribution in [2.24, 2.45) is 0 Å². The molecule has 0 saturated heterocycles. The standard InChI is InChI=1S/C17H15N3O/c1-12(2)19-8-9-20(11-19)13-5-6-14-15-4-3-7-18-17(15)21-16(14)10-13/h3-10,12H,1-2H3/q+2. The van der Waals surface area contributed by atoms with Crippen LogP contribution in [0, 0.1) is 0 Å². The monoisotopic (exact) mass is 277 g/mol. The van der Waals surface area contributed by atoms with Gasteiger partial charge < -0.3 is 4.42 Å². The topological polar surface area (TPSA) is 32.0 Å². The van der Waals surface area contributed by atoms with Gasteiger partial charge in [0.25, 0.3) is 6.20 Å². The third-order valence-corrected chi connectivity index (χ3v) is 3.67. The molecule has 0 N–H and O–H groups in total. The highest BCUT2D eigenvalue weighted by molar-refractivity contribution is 6.03. The van der Waals surface area contributed by atoms with Gasteiger partial charge in [-0.15, -0.1) is 0 Å². The molecule has 0 saturated carbocycles. The normalized spacial score (nSPS) is 14.2. The summed E-state index contributed by atoms with van der Waals surface area (Å²) in [6.45, 7) is 4.27. The van der Waals surface area contributed by atoms with E-state index in [9.17, 15) is 0 Å². The molecule has 1 aliphatic rings. The van der Waals surface area contributed by atoms with Crippen LogP contribution in [-0.4, -0.2) is 26.2 Å². The average Bonchev–Trinajstić information content (AvgIpc) is 3.11. The maximum absolute atomic E-state index is 5.82. The third-order valence-electron chi connectivity index (χ3n) is 3.67. The maximum atomic E-state index is 5.82. The summed E-state index contributed by atoms with van der Waals surface area (Å²) >= 11 is 0. The Morgan fingerprint density at radius 2 is 2.05 bits per heavy atom. The average molecular weight is 277 g/mol. The van der Waals surface area contributed by atoms with Crippen LogP contribution in [0.1, 0.15) is 13.8 Å². The zero-order valence-electron chi connectivity index (χ0n) is 11.9. The molecule has 0 bridgehead atoms. The van der Waals surface area contributed by atoms with Crippen LogP contribution in [0.5, 0.6) is 0 Å². The predicted octanol–water partition coefficient (Wildman–Crippen LogP) is 3.70. The van der Waals surface area contributed by atoms with Crippen molar-refractivity contribution >= 4 is 33.8 Å². The van der Waals surface area contributed by atoms with Gasteiger partial charge in [0.05, 0.1) is 6.07 Å². The molecule has 1 aliphatic heterocycles. The van der Waals surface area contributed by atoms with Crippen LogP contribution < -0.4 is 0 Å². The van der Waals surface area contributed by atoms with Crippen LogP contribution in [0.3, 0.4) is 0 Å². The largest absolute Gasteiger partial charge is 0.495 e. The number of hydrogen-bond donors (Lipinski definition) is 0. The van der Waals surface area contributed by atoms with E-state index in [1.54, 1.807) is 6.20 Å². The van der Waals surface area contributed by atoms with Crippen molar-refractivity contribution in [3.8, 4) is 0 Å². The fraction of sp³-hybridized carbons (Fsp3) is 0.176. The molecule has 0 amide bonds. The van der Waals surface area contributed by atoms with Crippen LogP contribution in [0.2, 0.25) is 0 Å². The summed E-state index contributed by atoms with van der Waals surface area (Å²) in [5.41, 5.74) is 2.55. The lowest BCUT2D eigenvalue weighted by Crippen LogP contribution is -2.11. The van der Waals surface area contributed by atoms with Gasteiger partial charge in [-0.25, -0.2) is 4.98 Å². The first-order valence-electron chi connectivity index (χ1n) is 7.02. The van der Waals surface area contributed by atoms with Gasteiger partial charge in [0, 0.05) is 23.0 Å².